The molecular formula is C26H17FN4O3S. The van der Waals surface area contributed by atoms with E-state index in [1.165, 1.54) is 15.5 Å². The number of rotatable bonds is 4. The Morgan fingerprint density at radius 2 is 1.71 bits per heavy atom. The number of ether oxygens (including phenoxy) is 1. The zero-order chi connectivity index (χ0) is 24.1. The van der Waals surface area contributed by atoms with Gasteiger partial charge in [0.1, 0.15) is 16.1 Å². The highest BCUT2D eigenvalue weighted by molar-refractivity contribution is 7.15. The molecule has 172 valence electrons. The Bertz CT molecular complexity index is 1730. The van der Waals surface area contributed by atoms with E-state index >= 15 is 0 Å². The smallest absolute Gasteiger partial charge is 0.291 e. The SMILES string of the molecule is COc1ccc(-c2nc3s/c(=C4\C(=O)N(Cc5ccccc5F)c5ccccc54)c(=O)n3n2)cc1. The standard InChI is InChI=1S/C26H17FN4O3S/c1-34-17-12-10-15(11-13-17)23-28-26-31(29-23)25(33)22(35-26)21-18-7-3-5-9-20(18)30(24(21)32)14-16-6-2-4-8-19(16)27/h2-13H,14H2,1H3/b22-21-. The van der Waals surface area contributed by atoms with Crippen LogP contribution in [0.3, 0.4) is 0 Å². The number of para-hydroxylation sites is 1. The second kappa shape index (κ2) is 8.14. The van der Waals surface area contributed by atoms with E-state index < -0.39 is 5.56 Å². The molecule has 0 bridgehead atoms. The third-order valence-corrected chi connectivity index (χ3v) is 6.97. The first-order chi connectivity index (χ1) is 17.0. The van der Waals surface area contributed by atoms with Gasteiger partial charge in [0.2, 0.25) is 4.96 Å². The van der Waals surface area contributed by atoms with Gasteiger partial charge in [-0.1, -0.05) is 47.7 Å². The number of thiazole rings is 1. The number of methoxy groups -OCH3 is 1. The Morgan fingerprint density at radius 1 is 0.971 bits per heavy atom. The van der Waals surface area contributed by atoms with Gasteiger partial charge >= 0.3 is 0 Å². The number of carbonyl (C=O) groups excluding carboxylic acids is 1. The molecule has 0 atom stereocenters. The molecule has 1 amide bonds. The number of amides is 1. The fourth-order valence-corrected chi connectivity index (χ4v) is 5.20. The van der Waals surface area contributed by atoms with E-state index in [2.05, 4.69) is 10.1 Å². The van der Waals surface area contributed by atoms with Crippen LogP contribution in [0.15, 0.2) is 77.6 Å². The van der Waals surface area contributed by atoms with Gasteiger partial charge in [-0.15, -0.1) is 5.10 Å². The molecule has 2 aromatic heterocycles. The molecule has 1 aliphatic rings. The lowest BCUT2D eigenvalue weighted by molar-refractivity contribution is -0.113. The van der Waals surface area contributed by atoms with Gasteiger partial charge in [-0.3, -0.25) is 9.59 Å². The van der Waals surface area contributed by atoms with E-state index in [1.807, 2.05) is 24.3 Å². The molecule has 3 aromatic carbocycles. The average molecular weight is 485 g/mol. The highest BCUT2D eigenvalue weighted by Gasteiger charge is 2.34. The Balaban J connectivity index is 1.47. The second-order valence-electron chi connectivity index (χ2n) is 7.97. The first-order valence-electron chi connectivity index (χ1n) is 10.8. The molecular weight excluding hydrogens is 467 g/mol. The maximum Gasteiger partial charge on any atom is 0.291 e. The lowest BCUT2D eigenvalue weighted by atomic mass is 10.1. The molecule has 0 spiro atoms. The van der Waals surface area contributed by atoms with E-state index in [4.69, 9.17) is 4.74 Å². The van der Waals surface area contributed by atoms with Crippen LogP contribution in [0.2, 0.25) is 0 Å². The zero-order valence-corrected chi connectivity index (χ0v) is 19.3. The summed E-state index contributed by atoms with van der Waals surface area (Å²) in [6.07, 6.45) is 0. The number of carbonyl (C=O) groups is 1. The molecule has 1 aliphatic heterocycles. The van der Waals surface area contributed by atoms with Crippen LogP contribution in [0.4, 0.5) is 10.1 Å². The third-order valence-electron chi connectivity index (χ3n) is 5.94. The second-order valence-corrected chi connectivity index (χ2v) is 8.95. The largest absolute Gasteiger partial charge is 0.497 e. The number of halogens is 1. The van der Waals surface area contributed by atoms with Gasteiger partial charge in [0, 0.05) is 16.7 Å². The quantitative estimate of drug-likeness (QED) is 0.391. The Kier molecular flexibility index (Phi) is 4.93. The summed E-state index contributed by atoms with van der Waals surface area (Å²) in [7, 11) is 1.59. The van der Waals surface area contributed by atoms with Crippen LogP contribution >= 0.6 is 11.3 Å². The van der Waals surface area contributed by atoms with Gasteiger partial charge in [0.05, 0.1) is 24.9 Å². The summed E-state index contributed by atoms with van der Waals surface area (Å²) in [4.78, 5) is 33.3. The number of anilines is 1. The monoisotopic (exact) mass is 484 g/mol. The summed E-state index contributed by atoms with van der Waals surface area (Å²) in [5.41, 5.74) is 2.27. The van der Waals surface area contributed by atoms with Crippen molar-refractivity contribution in [2.45, 2.75) is 6.54 Å². The zero-order valence-electron chi connectivity index (χ0n) is 18.4. The lowest BCUT2D eigenvalue weighted by Crippen LogP contribution is -2.32. The first-order valence-corrected chi connectivity index (χ1v) is 11.6. The van der Waals surface area contributed by atoms with Crippen molar-refractivity contribution in [3.8, 4) is 17.1 Å². The van der Waals surface area contributed by atoms with Crippen LogP contribution in [0.25, 0.3) is 21.9 Å². The molecule has 0 N–H and O–H groups in total. The average Bonchev–Trinajstić information content (AvgIpc) is 3.51. The van der Waals surface area contributed by atoms with E-state index in [1.54, 1.807) is 49.6 Å². The van der Waals surface area contributed by atoms with Gasteiger partial charge in [-0.05, 0) is 36.4 Å². The van der Waals surface area contributed by atoms with E-state index in [0.29, 0.717) is 33.3 Å². The maximum absolute atomic E-state index is 14.3. The van der Waals surface area contributed by atoms with Gasteiger partial charge in [-0.2, -0.15) is 9.50 Å². The topological polar surface area (TPSA) is 76.8 Å². The van der Waals surface area contributed by atoms with Crippen molar-refractivity contribution >= 4 is 33.5 Å². The fraction of sp³-hybridized carbons (Fsp3) is 0.0769. The lowest BCUT2D eigenvalue weighted by Gasteiger charge is -2.17. The number of hydrogen-bond acceptors (Lipinski definition) is 6. The first kappa shape index (κ1) is 21.2. The van der Waals surface area contributed by atoms with Crippen molar-refractivity contribution < 1.29 is 13.9 Å². The Hall–Kier alpha value is -4.37. The number of hydrogen-bond donors (Lipinski definition) is 0. The van der Waals surface area contributed by atoms with Gasteiger partial charge in [0.25, 0.3) is 11.5 Å². The molecule has 0 unspecified atom stereocenters. The molecule has 0 radical (unpaired) electrons. The molecule has 0 fully saturated rings. The summed E-state index contributed by atoms with van der Waals surface area (Å²) < 4.78 is 21.0. The molecule has 0 saturated heterocycles. The minimum atomic E-state index is -0.414. The van der Waals surface area contributed by atoms with Crippen molar-refractivity contribution in [3.63, 3.8) is 0 Å². The third kappa shape index (κ3) is 3.39. The summed E-state index contributed by atoms with van der Waals surface area (Å²) in [5.74, 6) is 0.371. The molecule has 9 heteroatoms. The highest BCUT2D eigenvalue weighted by Crippen LogP contribution is 2.36. The minimum absolute atomic E-state index is 0.0581. The number of aromatic nitrogens is 3. The van der Waals surface area contributed by atoms with Gasteiger partial charge in [-0.25, -0.2) is 4.39 Å². The maximum atomic E-state index is 14.3. The van der Waals surface area contributed by atoms with E-state index in [9.17, 15) is 14.0 Å². The fourth-order valence-electron chi connectivity index (χ4n) is 4.20. The van der Waals surface area contributed by atoms with Crippen LogP contribution in [0.5, 0.6) is 5.75 Å². The van der Waals surface area contributed by atoms with Gasteiger partial charge in [0.15, 0.2) is 5.82 Å². The normalized spacial score (nSPS) is 14.6. The minimum Gasteiger partial charge on any atom is -0.497 e. The van der Waals surface area contributed by atoms with Crippen molar-refractivity contribution in [2.24, 2.45) is 0 Å². The van der Waals surface area contributed by atoms with Crippen molar-refractivity contribution in [1.82, 2.24) is 14.6 Å². The molecule has 3 heterocycles. The molecule has 0 saturated carbocycles. The molecule has 5 aromatic rings. The highest BCUT2D eigenvalue weighted by atomic mass is 32.1. The van der Waals surface area contributed by atoms with Crippen molar-refractivity contribution in [2.75, 3.05) is 12.0 Å². The van der Waals surface area contributed by atoms with Crippen molar-refractivity contribution in [1.29, 1.82) is 0 Å². The predicted octanol–water partition coefficient (Wildman–Crippen LogP) is 3.43. The molecule has 6 rings (SSSR count). The molecule has 35 heavy (non-hydrogen) atoms. The summed E-state index contributed by atoms with van der Waals surface area (Å²) in [6, 6.07) is 20.8. The van der Waals surface area contributed by atoms with Gasteiger partial charge < -0.3 is 9.64 Å². The molecule has 7 nitrogen and oxygen atoms in total. The van der Waals surface area contributed by atoms with Crippen LogP contribution in [0, 0.1) is 5.82 Å². The van der Waals surface area contributed by atoms with E-state index in [-0.39, 0.29) is 28.4 Å². The number of nitrogens with zero attached hydrogens (tertiary/aromatic N) is 4. The Morgan fingerprint density at radius 3 is 2.46 bits per heavy atom. The van der Waals surface area contributed by atoms with Crippen LogP contribution in [0.1, 0.15) is 11.1 Å². The van der Waals surface area contributed by atoms with Crippen molar-refractivity contribution in [3.05, 3.63) is 105 Å². The summed E-state index contributed by atoms with van der Waals surface area (Å²) in [5, 5.41) is 4.38. The van der Waals surface area contributed by atoms with Crippen LogP contribution in [-0.4, -0.2) is 27.6 Å². The van der Waals surface area contributed by atoms with Crippen LogP contribution in [-0.2, 0) is 11.3 Å². The number of benzene rings is 3. The van der Waals surface area contributed by atoms with E-state index in [0.717, 1.165) is 16.9 Å². The number of fused-ring (bicyclic) bond motifs is 2. The summed E-state index contributed by atoms with van der Waals surface area (Å²) in [6.45, 7) is 0.0581. The Labute approximate surface area is 202 Å². The van der Waals surface area contributed by atoms with Crippen LogP contribution < -0.4 is 19.7 Å². The molecule has 0 aliphatic carbocycles. The predicted molar refractivity (Wildman–Crippen MR) is 131 cm³/mol. The summed E-state index contributed by atoms with van der Waals surface area (Å²) >= 11 is 1.12.